The Hall–Kier alpha value is -1.72. The fourth-order valence-electron chi connectivity index (χ4n) is 1.83. The molecule has 0 aliphatic carbocycles. The third kappa shape index (κ3) is 3.23. The van der Waals surface area contributed by atoms with Crippen LogP contribution in [0.4, 0.5) is 5.69 Å². The fourth-order valence-corrected chi connectivity index (χ4v) is 3.78. The summed E-state index contributed by atoms with van der Waals surface area (Å²) in [6.07, 6.45) is 0. The van der Waals surface area contributed by atoms with Crippen molar-refractivity contribution < 1.29 is 13.2 Å². The maximum absolute atomic E-state index is 12.4. The van der Waals surface area contributed by atoms with Crippen LogP contribution in [0.2, 0.25) is 5.02 Å². The van der Waals surface area contributed by atoms with Gasteiger partial charge in [-0.15, -0.1) is 0 Å². The summed E-state index contributed by atoms with van der Waals surface area (Å²) in [7, 11) is -2.00. The number of ether oxygens (including phenoxy) is 1. The minimum Gasteiger partial charge on any atom is -0.497 e. The fraction of sp³-hybridized carbons (Fsp3) is 0.143. The van der Waals surface area contributed by atoms with Gasteiger partial charge in [0.15, 0.2) is 9.84 Å². The smallest absolute Gasteiger partial charge is 0.183 e. The molecule has 0 saturated heterocycles. The number of sulfone groups is 1. The zero-order valence-electron chi connectivity index (χ0n) is 10.8. The van der Waals surface area contributed by atoms with Crippen LogP contribution < -0.4 is 10.5 Å². The first kappa shape index (κ1) is 14.7. The number of hydrogen-bond donors (Lipinski definition) is 1. The maximum atomic E-state index is 12.4. The minimum atomic E-state index is -3.53. The molecule has 2 aromatic rings. The van der Waals surface area contributed by atoms with E-state index in [-0.39, 0.29) is 15.7 Å². The first-order valence-electron chi connectivity index (χ1n) is 5.83. The summed E-state index contributed by atoms with van der Waals surface area (Å²) in [4.78, 5) is 0.0798. The predicted octanol–water partition coefficient (Wildman–Crippen LogP) is 2.90. The number of anilines is 1. The van der Waals surface area contributed by atoms with E-state index in [1.165, 1.54) is 25.3 Å². The van der Waals surface area contributed by atoms with Crippen molar-refractivity contribution in [2.45, 2.75) is 10.6 Å². The normalized spacial score (nSPS) is 11.3. The summed E-state index contributed by atoms with van der Waals surface area (Å²) in [5.41, 5.74) is 6.63. The average Bonchev–Trinajstić information content (AvgIpc) is 2.37. The number of nitrogen functional groups attached to an aromatic ring is 1. The van der Waals surface area contributed by atoms with Crippen LogP contribution in [0, 0.1) is 0 Å². The average molecular weight is 312 g/mol. The van der Waals surface area contributed by atoms with Gasteiger partial charge in [0.2, 0.25) is 0 Å². The van der Waals surface area contributed by atoms with Gasteiger partial charge in [0.25, 0.3) is 0 Å². The molecule has 0 saturated carbocycles. The lowest BCUT2D eigenvalue weighted by Crippen LogP contribution is -2.06. The van der Waals surface area contributed by atoms with E-state index >= 15 is 0 Å². The Morgan fingerprint density at radius 2 is 1.95 bits per heavy atom. The largest absolute Gasteiger partial charge is 0.497 e. The van der Waals surface area contributed by atoms with Crippen LogP contribution in [-0.4, -0.2) is 15.5 Å². The molecule has 0 radical (unpaired) electrons. The van der Waals surface area contributed by atoms with Gasteiger partial charge in [-0.25, -0.2) is 8.42 Å². The Labute approximate surface area is 123 Å². The van der Waals surface area contributed by atoms with Crippen molar-refractivity contribution in [3.63, 3.8) is 0 Å². The Morgan fingerprint density at radius 3 is 2.60 bits per heavy atom. The first-order valence-corrected chi connectivity index (χ1v) is 7.86. The van der Waals surface area contributed by atoms with Crippen LogP contribution in [0.5, 0.6) is 5.75 Å². The highest BCUT2D eigenvalue weighted by atomic mass is 35.5. The van der Waals surface area contributed by atoms with Crippen molar-refractivity contribution in [3.05, 3.63) is 53.1 Å². The molecule has 0 bridgehead atoms. The van der Waals surface area contributed by atoms with Crippen molar-refractivity contribution in [1.82, 2.24) is 0 Å². The molecule has 2 rings (SSSR count). The van der Waals surface area contributed by atoms with E-state index in [4.69, 9.17) is 22.1 Å². The second kappa shape index (κ2) is 5.73. The molecule has 0 atom stereocenters. The van der Waals surface area contributed by atoms with Crippen molar-refractivity contribution in [2.75, 3.05) is 12.8 Å². The zero-order valence-corrected chi connectivity index (χ0v) is 12.4. The maximum Gasteiger partial charge on any atom is 0.183 e. The van der Waals surface area contributed by atoms with E-state index in [9.17, 15) is 8.42 Å². The summed E-state index contributed by atoms with van der Waals surface area (Å²) in [5.74, 6) is 0.467. The Bertz CT molecular complexity index is 729. The standard InChI is InChI=1S/C14H14ClNO3S/c1-19-12-4-2-3-10(7-12)9-20(17,18)14-6-5-11(16)8-13(14)15/h2-8H,9,16H2,1H3. The van der Waals surface area contributed by atoms with Crippen LogP contribution in [0.1, 0.15) is 5.56 Å². The lowest BCUT2D eigenvalue weighted by Gasteiger charge is -2.08. The van der Waals surface area contributed by atoms with Gasteiger partial charge in [0, 0.05) is 5.69 Å². The van der Waals surface area contributed by atoms with Gasteiger partial charge in [0.1, 0.15) is 5.75 Å². The molecule has 0 heterocycles. The lowest BCUT2D eigenvalue weighted by molar-refractivity contribution is 0.414. The molecule has 0 amide bonds. The Kier molecular flexibility index (Phi) is 4.20. The van der Waals surface area contributed by atoms with Gasteiger partial charge < -0.3 is 10.5 Å². The highest BCUT2D eigenvalue weighted by Crippen LogP contribution is 2.27. The SMILES string of the molecule is COc1cccc(CS(=O)(=O)c2ccc(N)cc2Cl)c1. The molecule has 0 aliphatic rings. The molecule has 0 unspecified atom stereocenters. The number of hydrogen-bond acceptors (Lipinski definition) is 4. The van der Waals surface area contributed by atoms with E-state index in [2.05, 4.69) is 0 Å². The molecule has 0 aromatic heterocycles. The molecule has 4 nitrogen and oxygen atoms in total. The van der Waals surface area contributed by atoms with Crippen LogP contribution in [0.3, 0.4) is 0 Å². The zero-order chi connectivity index (χ0) is 14.8. The molecule has 20 heavy (non-hydrogen) atoms. The van der Waals surface area contributed by atoms with Gasteiger partial charge in [-0.3, -0.25) is 0 Å². The van der Waals surface area contributed by atoms with Crippen LogP contribution in [-0.2, 0) is 15.6 Å². The van der Waals surface area contributed by atoms with E-state index in [1.54, 1.807) is 24.3 Å². The number of halogens is 1. The van der Waals surface area contributed by atoms with Crippen LogP contribution in [0.15, 0.2) is 47.4 Å². The number of rotatable bonds is 4. The van der Waals surface area contributed by atoms with E-state index < -0.39 is 9.84 Å². The summed E-state index contributed by atoms with van der Waals surface area (Å²) < 4.78 is 29.8. The molecule has 0 aliphatic heterocycles. The van der Waals surface area contributed by atoms with Crippen molar-refractivity contribution in [1.29, 1.82) is 0 Å². The summed E-state index contributed by atoms with van der Waals surface area (Å²) in [6, 6.07) is 11.3. The summed E-state index contributed by atoms with van der Waals surface area (Å²) >= 11 is 5.95. The van der Waals surface area contributed by atoms with Crippen LogP contribution >= 0.6 is 11.6 Å². The Morgan fingerprint density at radius 1 is 1.20 bits per heavy atom. The number of nitrogens with two attached hydrogens (primary N) is 1. The predicted molar refractivity (Wildman–Crippen MR) is 79.7 cm³/mol. The van der Waals surface area contributed by atoms with E-state index in [0.717, 1.165) is 0 Å². The monoisotopic (exact) mass is 311 g/mol. The lowest BCUT2D eigenvalue weighted by atomic mass is 10.2. The van der Waals surface area contributed by atoms with Gasteiger partial charge in [-0.2, -0.15) is 0 Å². The topological polar surface area (TPSA) is 69.4 Å². The van der Waals surface area contributed by atoms with Crippen molar-refractivity contribution >= 4 is 27.1 Å². The Balaban J connectivity index is 2.35. The molecular weight excluding hydrogens is 298 g/mol. The number of methoxy groups -OCH3 is 1. The third-order valence-corrected chi connectivity index (χ3v) is 4.95. The van der Waals surface area contributed by atoms with Crippen molar-refractivity contribution in [3.8, 4) is 5.75 Å². The molecule has 2 aromatic carbocycles. The van der Waals surface area contributed by atoms with E-state index in [0.29, 0.717) is 17.0 Å². The quantitative estimate of drug-likeness (QED) is 0.881. The van der Waals surface area contributed by atoms with Gasteiger partial charge in [-0.1, -0.05) is 23.7 Å². The highest BCUT2D eigenvalue weighted by Gasteiger charge is 2.19. The highest BCUT2D eigenvalue weighted by molar-refractivity contribution is 7.90. The molecular formula is C14H14ClNO3S. The molecule has 2 N–H and O–H groups in total. The van der Waals surface area contributed by atoms with E-state index in [1.807, 2.05) is 0 Å². The molecule has 106 valence electrons. The molecule has 6 heteroatoms. The van der Waals surface area contributed by atoms with Crippen LogP contribution in [0.25, 0.3) is 0 Å². The second-order valence-corrected chi connectivity index (χ2v) is 6.67. The van der Waals surface area contributed by atoms with Crippen molar-refractivity contribution in [2.24, 2.45) is 0 Å². The van der Waals surface area contributed by atoms with Gasteiger partial charge in [-0.05, 0) is 35.9 Å². The minimum absolute atomic E-state index is 0.0798. The first-order chi connectivity index (χ1) is 9.42. The molecule has 0 spiro atoms. The third-order valence-electron chi connectivity index (χ3n) is 2.78. The number of benzene rings is 2. The summed E-state index contributed by atoms with van der Waals surface area (Å²) in [5, 5.41) is 0.132. The van der Waals surface area contributed by atoms with Gasteiger partial charge in [0.05, 0.1) is 22.8 Å². The summed E-state index contributed by atoms with van der Waals surface area (Å²) in [6.45, 7) is 0. The molecule has 0 fully saturated rings. The second-order valence-electron chi connectivity index (χ2n) is 4.30. The van der Waals surface area contributed by atoms with Gasteiger partial charge >= 0.3 is 0 Å².